The van der Waals surface area contributed by atoms with Crippen LogP contribution in [0.15, 0.2) is 40.9 Å². The van der Waals surface area contributed by atoms with Gasteiger partial charge in [0.15, 0.2) is 0 Å². The molecule has 0 saturated carbocycles. The van der Waals surface area contributed by atoms with Crippen LogP contribution in [0.3, 0.4) is 0 Å². The van der Waals surface area contributed by atoms with Crippen molar-refractivity contribution in [3.63, 3.8) is 0 Å². The molecule has 0 bridgehead atoms. The number of nitrogens with zero attached hydrogens (tertiary/aromatic N) is 1. The van der Waals surface area contributed by atoms with Crippen LogP contribution in [0.4, 0.5) is 0 Å². The summed E-state index contributed by atoms with van der Waals surface area (Å²) in [7, 11) is 0. The van der Waals surface area contributed by atoms with Crippen molar-refractivity contribution in [2.24, 2.45) is 0 Å². The Labute approximate surface area is 97.5 Å². The summed E-state index contributed by atoms with van der Waals surface area (Å²) >= 11 is 3.44. The molecule has 2 rings (SSSR count). The molecule has 0 heterocycles. The van der Waals surface area contributed by atoms with Crippen LogP contribution in [0.25, 0.3) is 10.8 Å². The van der Waals surface area contributed by atoms with Crippen molar-refractivity contribution >= 4 is 26.7 Å². The molecule has 0 amide bonds. The molecule has 0 aliphatic rings. The third-order valence-electron chi connectivity index (χ3n) is 2.52. The lowest BCUT2D eigenvalue weighted by molar-refractivity contribution is 0.985. The zero-order valence-electron chi connectivity index (χ0n) is 8.37. The molecule has 0 fully saturated rings. The largest absolute Gasteiger partial charge is 0.198 e. The topological polar surface area (TPSA) is 23.8 Å². The summed E-state index contributed by atoms with van der Waals surface area (Å²) in [5.74, 6) is -0.0435. The van der Waals surface area contributed by atoms with Crippen LogP contribution in [0.2, 0.25) is 0 Å². The van der Waals surface area contributed by atoms with Crippen molar-refractivity contribution in [2.45, 2.75) is 12.8 Å². The van der Waals surface area contributed by atoms with Gasteiger partial charge >= 0.3 is 0 Å². The molecule has 0 aliphatic carbocycles. The Hall–Kier alpha value is -1.33. The maximum atomic E-state index is 8.85. The fraction of sp³-hybridized carbons (Fsp3) is 0.154. The van der Waals surface area contributed by atoms with Gasteiger partial charge in [0.05, 0.1) is 12.0 Å². The van der Waals surface area contributed by atoms with Gasteiger partial charge in [-0.2, -0.15) is 5.26 Å². The van der Waals surface area contributed by atoms with Gasteiger partial charge in [-0.25, -0.2) is 0 Å². The summed E-state index contributed by atoms with van der Waals surface area (Å²) in [4.78, 5) is 0. The van der Waals surface area contributed by atoms with Gasteiger partial charge < -0.3 is 0 Å². The minimum absolute atomic E-state index is 0.0435. The number of hydrogen-bond acceptors (Lipinski definition) is 1. The monoisotopic (exact) mass is 259 g/mol. The van der Waals surface area contributed by atoms with Crippen LogP contribution in [0.1, 0.15) is 18.4 Å². The lowest BCUT2D eigenvalue weighted by Crippen LogP contribution is -1.88. The van der Waals surface area contributed by atoms with Gasteiger partial charge in [-0.3, -0.25) is 0 Å². The summed E-state index contributed by atoms with van der Waals surface area (Å²) < 4.78 is 1.08. The van der Waals surface area contributed by atoms with Crippen LogP contribution in [0, 0.1) is 11.3 Å². The summed E-state index contributed by atoms with van der Waals surface area (Å²) in [5.41, 5.74) is 1.08. The third kappa shape index (κ3) is 2.03. The van der Waals surface area contributed by atoms with Gasteiger partial charge in [0.2, 0.25) is 0 Å². The first-order valence-corrected chi connectivity index (χ1v) is 5.59. The molecule has 2 aromatic carbocycles. The van der Waals surface area contributed by atoms with Crippen molar-refractivity contribution in [1.29, 1.82) is 5.26 Å². The summed E-state index contributed by atoms with van der Waals surface area (Å²) in [6.45, 7) is 1.92. The minimum atomic E-state index is -0.0435. The molecular weight excluding hydrogens is 250 g/mol. The molecule has 74 valence electrons. The zero-order chi connectivity index (χ0) is 10.8. The number of rotatable bonds is 1. The molecule has 0 aliphatic heterocycles. The van der Waals surface area contributed by atoms with E-state index < -0.39 is 0 Å². The van der Waals surface area contributed by atoms with Crippen LogP contribution >= 0.6 is 15.9 Å². The quantitative estimate of drug-likeness (QED) is 0.752. The number of halogens is 1. The molecule has 1 unspecified atom stereocenters. The molecule has 0 radical (unpaired) electrons. The van der Waals surface area contributed by atoms with E-state index >= 15 is 0 Å². The van der Waals surface area contributed by atoms with Gasteiger partial charge in [0.1, 0.15) is 0 Å². The van der Waals surface area contributed by atoms with Crippen LogP contribution in [-0.2, 0) is 0 Å². The average Bonchev–Trinajstić information content (AvgIpc) is 2.27. The predicted octanol–water partition coefficient (Wildman–Crippen LogP) is 4.23. The highest BCUT2D eigenvalue weighted by Gasteiger charge is 2.04. The van der Waals surface area contributed by atoms with Gasteiger partial charge in [0.25, 0.3) is 0 Å². The summed E-state index contributed by atoms with van der Waals surface area (Å²) in [6, 6.07) is 14.6. The van der Waals surface area contributed by atoms with Crippen LogP contribution < -0.4 is 0 Å². The molecule has 1 nitrogen and oxygen atoms in total. The Morgan fingerprint density at radius 2 is 1.80 bits per heavy atom. The van der Waals surface area contributed by atoms with Crippen molar-refractivity contribution in [3.05, 3.63) is 46.4 Å². The molecule has 15 heavy (non-hydrogen) atoms. The highest BCUT2D eigenvalue weighted by atomic mass is 79.9. The van der Waals surface area contributed by atoms with Gasteiger partial charge in [-0.15, -0.1) is 0 Å². The van der Waals surface area contributed by atoms with E-state index in [4.69, 9.17) is 5.26 Å². The predicted molar refractivity (Wildman–Crippen MR) is 65.7 cm³/mol. The smallest absolute Gasteiger partial charge is 0.0700 e. The molecule has 0 aromatic heterocycles. The normalized spacial score (nSPS) is 12.3. The third-order valence-corrected chi connectivity index (χ3v) is 3.01. The standard InChI is InChI=1S/C13H10BrN/c1-9(8-15)10-2-3-12-7-13(14)5-4-11(12)6-10/h2-7,9H,1H3. The Balaban J connectivity index is 2.58. The molecular formula is C13H10BrN. The Morgan fingerprint density at radius 3 is 2.53 bits per heavy atom. The number of benzene rings is 2. The fourth-order valence-corrected chi connectivity index (χ4v) is 1.96. The first kappa shape index (κ1) is 10.2. The maximum Gasteiger partial charge on any atom is 0.0700 e. The minimum Gasteiger partial charge on any atom is -0.198 e. The maximum absolute atomic E-state index is 8.85. The first-order valence-electron chi connectivity index (χ1n) is 4.79. The van der Waals surface area contributed by atoms with Crippen molar-refractivity contribution in [2.75, 3.05) is 0 Å². The van der Waals surface area contributed by atoms with E-state index in [9.17, 15) is 0 Å². The van der Waals surface area contributed by atoms with Gasteiger partial charge in [-0.05, 0) is 41.5 Å². The second-order valence-electron chi connectivity index (χ2n) is 3.60. The Morgan fingerprint density at radius 1 is 1.13 bits per heavy atom. The van der Waals surface area contributed by atoms with Crippen molar-refractivity contribution in [3.8, 4) is 6.07 Å². The van der Waals surface area contributed by atoms with E-state index in [0.29, 0.717) is 0 Å². The fourth-order valence-electron chi connectivity index (χ4n) is 1.58. The molecule has 0 N–H and O–H groups in total. The molecule has 1 atom stereocenters. The van der Waals surface area contributed by atoms with E-state index in [2.05, 4.69) is 46.3 Å². The number of fused-ring (bicyclic) bond motifs is 1. The average molecular weight is 260 g/mol. The van der Waals surface area contributed by atoms with E-state index in [1.54, 1.807) is 0 Å². The summed E-state index contributed by atoms with van der Waals surface area (Å²) in [6.07, 6.45) is 0. The van der Waals surface area contributed by atoms with Crippen molar-refractivity contribution < 1.29 is 0 Å². The lowest BCUT2D eigenvalue weighted by Gasteiger charge is -2.05. The molecule has 0 spiro atoms. The van der Waals surface area contributed by atoms with E-state index in [1.807, 2.05) is 19.1 Å². The second-order valence-corrected chi connectivity index (χ2v) is 4.52. The first-order chi connectivity index (χ1) is 7.20. The molecule has 2 aromatic rings. The highest BCUT2D eigenvalue weighted by Crippen LogP contribution is 2.23. The zero-order valence-corrected chi connectivity index (χ0v) is 9.95. The molecule has 2 heteroatoms. The highest BCUT2D eigenvalue weighted by molar-refractivity contribution is 9.10. The van der Waals surface area contributed by atoms with Crippen LogP contribution in [0.5, 0.6) is 0 Å². The van der Waals surface area contributed by atoms with Crippen molar-refractivity contribution in [1.82, 2.24) is 0 Å². The summed E-state index contributed by atoms with van der Waals surface area (Å²) in [5, 5.41) is 11.2. The SMILES string of the molecule is CC(C#N)c1ccc2cc(Br)ccc2c1. The lowest BCUT2D eigenvalue weighted by atomic mass is 9.99. The Kier molecular flexibility index (Phi) is 2.75. The van der Waals surface area contributed by atoms with E-state index in [1.165, 1.54) is 10.8 Å². The van der Waals surface area contributed by atoms with Gasteiger partial charge in [-0.1, -0.05) is 34.1 Å². The van der Waals surface area contributed by atoms with E-state index in [-0.39, 0.29) is 5.92 Å². The number of nitriles is 1. The molecule has 0 saturated heterocycles. The second kappa shape index (κ2) is 4.04. The van der Waals surface area contributed by atoms with E-state index in [0.717, 1.165) is 10.0 Å². The van der Waals surface area contributed by atoms with Gasteiger partial charge in [0, 0.05) is 4.47 Å². The Bertz CT molecular complexity index is 540. The van der Waals surface area contributed by atoms with Crippen LogP contribution in [-0.4, -0.2) is 0 Å². The number of hydrogen-bond donors (Lipinski definition) is 0.